The smallest absolute Gasteiger partial charge is 0.220 e. The van der Waals surface area contributed by atoms with E-state index in [0.29, 0.717) is 31.4 Å². The van der Waals surface area contributed by atoms with E-state index in [-0.39, 0.29) is 11.9 Å². The third-order valence-electron chi connectivity index (χ3n) is 2.19. The Morgan fingerprint density at radius 1 is 1.47 bits per heavy atom. The van der Waals surface area contributed by atoms with Gasteiger partial charge < -0.3 is 10.1 Å². The molecule has 0 spiro atoms. The summed E-state index contributed by atoms with van der Waals surface area (Å²) < 4.78 is 5.32. The van der Waals surface area contributed by atoms with Crippen molar-refractivity contribution in [1.82, 2.24) is 5.32 Å². The standard InChI is InChI=1S/C11H22ClNO2/c1-4-15-8-10(9(2)3)13-11(14)6-5-7-12/h9-10H,4-8H2,1-3H3,(H,13,14). The fourth-order valence-corrected chi connectivity index (χ4v) is 1.29. The van der Waals surface area contributed by atoms with Crippen LogP contribution in [0.15, 0.2) is 0 Å². The normalized spacial score (nSPS) is 12.9. The number of halogens is 1. The summed E-state index contributed by atoms with van der Waals surface area (Å²) in [4.78, 5) is 11.5. The summed E-state index contributed by atoms with van der Waals surface area (Å²) in [5, 5.41) is 2.96. The fraction of sp³-hybridized carbons (Fsp3) is 0.909. The van der Waals surface area contributed by atoms with Gasteiger partial charge in [-0.1, -0.05) is 13.8 Å². The van der Waals surface area contributed by atoms with E-state index in [1.165, 1.54) is 0 Å². The molecule has 0 rings (SSSR count). The monoisotopic (exact) mass is 235 g/mol. The minimum absolute atomic E-state index is 0.0639. The molecule has 0 heterocycles. The van der Waals surface area contributed by atoms with Gasteiger partial charge in [-0.3, -0.25) is 4.79 Å². The van der Waals surface area contributed by atoms with E-state index in [4.69, 9.17) is 16.3 Å². The zero-order chi connectivity index (χ0) is 11.7. The Bertz CT molecular complexity index is 174. The lowest BCUT2D eigenvalue weighted by Gasteiger charge is -2.22. The molecule has 1 N–H and O–H groups in total. The van der Waals surface area contributed by atoms with Crippen LogP contribution in [0.4, 0.5) is 0 Å². The zero-order valence-electron chi connectivity index (χ0n) is 9.88. The highest BCUT2D eigenvalue weighted by atomic mass is 35.5. The molecule has 4 heteroatoms. The summed E-state index contributed by atoms with van der Waals surface area (Å²) in [7, 11) is 0. The molecule has 1 unspecified atom stereocenters. The summed E-state index contributed by atoms with van der Waals surface area (Å²) in [5.41, 5.74) is 0. The molecule has 0 aromatic carbocycles. The van der Waals surface area contributed by atoms with Crippen molar-refractivity contribution in [3.63, 3.8) is 0 Å². The highest BCUT2D eigenvalue weighted by Gasteiger charge is 2.15. The topological polar surface area (TPSA) is 38.3 Å². The molecule has 0 aromatic heterocycles. The zero-order valence-corrected chi connectivity index (χ0v) is 10.6. The molecule has 0 aliphatic heterocycles. The molecule has 0 aliphatic rings. The number of nitrogens with one attached hydrogen (secondary N) is 1. The maximum absolute atomic E-state index is 11.5. The molecule has 0 saturated heterocycles. The first-order valence-electron chi connectivity index (χ1n) is 5.54. The Labute approximate surface area is 97.5 Å². The molecule has 1 amide bonds. The van der Waals surface area contributed by atoms with E-state index in [1.807, 2.05) is 6.92 Å². The average molecular weight is 236 g/mol. The second kappa shape index (κ2) is 8.98. The van der Waals surface area contributed by atoms with Gasteiger partial charge in [-0.15, -0.1) is 11.6 Å². The number of ether oxygens (including phenoxy) is 1. The maximum atomic E-state index is 11.5. The highest BCUT2D eigenvalue weighted by molar-refractivity contribution is 6.17. The van der Waals surface area contributed by atoms with Gasteiger partial charge in [0.15, 0.2) is 0 Å². The number of amides is 1. The van der Waals surface area contributed by atoms with Crippen LogP contribution in [0.3, 0.4) is 0 Å². The third kappa shape index (κ3) is 7.63. The Balaban J connectivity index is 3.87. The molecule has 90 valence electrons. The molecular formula is C11H22ClNO2. The SMILES string of the molecule is CCOCC(NC(=O)CCCCl)C(C)C. The summed E-state index contributed by atoms with van der Waals surface area (Å²) in [5.74, 6) is 0.983. The number of carbonyl (C=O) groups is 1. The Morgan fingerprint density at radius 3 is 2.60 bits per heavy atom. The molecule has 15 heavy (non-hydrogen) atoms. The van der Waals surface area contributed by atoms with Gasteiger partial charge in [-0.2, -0.15) is 0 Å². The number of rotatable bonds is 8. The molecule has 3 nitrogen and oxygen atoms in total. The van der Waals surface area contributed by atoms with Gasteiger partial charge in [0.05, 0.1) is 12.6 Å². The van der Waals surface area contributed by atoms with Gasteiger partial charge in [0.25, 0.3) is 0 Å². The van der Waals surface area contributed by atoms with Gasteiger partial charge in [-0.05, 0) is 19.3 Å². The van der Waals surface area contributed by atoms with E-state index < -0.39 is 0 Å². The summed E-state index contributed by atoms with van der Waals surface area (Å²) in [6.45, 7) is 7.37. The van der Waals surface area contributed by atoms with Crippen molar-refractivity contribution in [3.05, 3.63) is 0 Å². The van der Waals surface area contributed by atoms with Crippen LogP contribution in [0.1, 0.15) is 33.6 Å². The van der Waals surface area contributed by atoms with Crippen LogP contribution < -0.4 is 5.32 Å². The summed E-state index contributed by atoms with van der Waals surface area (Å²) in [6.07, 6.45) is 1.23. The van der Waals surface area contributed by atoms with E-state index in [1.54, 1.807) is 0 Å². The fourth-order valence-electron chi connectivity index (χ4n) is 1.15. The largest absolute Gasteiger partial charge is 0.380 e. The molecule has 0 bridgehead atoms. The van der Waals surface area contributed by atoms with Crippen molar-refractivity contribution >= 4 is 17.5 Å². The van der Waals surface area contributed by atoms with Gasteiger partial charge in [0.1, 0.15) is 0 Å². The molecular weight excluding hydrogens is 214 g/mol. The minimum atomic E-state index is 0.0639. The summed E-state index contributed by atoms with van der Waals surface area (Å²) in [6, 6.07) is 0.104. The molecule has 0 fully saturated rings. The minimum Gasteiger partial charge on any atom is -0.380 e. The van der Waals surface area contributed by atoms with Crippen molar-refractivity contribution in [2.75, 3.05) is 19.1 Å². The number of alkyl halides is 1. The Morgan fingerprint density at radius 2 is 2.13 bits per heavy atom. The lowest BCUT2D eigenvalue weighted by molar-refractivity contribution is -0.122. The van der Waals surface area contributed by atoms with Crippen molar-refractivity contribution in [3.8, 4) is 0 Å². The average Bonchev–Trinajstić information content (AvgIpc) is 2.20. The molecule has 0 saturated carbocycles. The maximum Gasteiger partial charge on any atom is 0.220 e. The first-order chi connectivity index (χ1) is 7.11. The summed E-state index contributed by atoms with van der Waals surface area (Å²) >= 11 is 5.52. The highest BCUT2D eigenvalue weighted by Crippen LogP contribution is 2.03. The predicted molar refractivity (Wildman–Crippen MR) is 63.2 cm³/mol. The predicted octanol–water partition coefficient (Wildman–Crippen LogP) is 2.18. The lowest BCUT2D eigenvalue weighted by atomic mass is 10.1. The molecule has 0 aliphatic carbocycles. The number of hydrogen-bond acceptors (Lipinski definition) is 2. The molecule has 0 aromatic rings. The second-order valence-corrected chi connectivity index (χ2v) is 4.25. The third-order valence-corrected chi connectivity index (χ3v) is 2.46. The van der Waals surface area contributed by atoms with Crippen molar-refractivity contribution in [2.45, 2.75) is 39.7 Å². The number of carbonyl (C=O) groups excluding carboxylic acids is 1. The van der Waals surface area contributed by atoms with Crippen LogP contribution in [-0.2, 0) is 9.53 Å². The Hall–Kier alpha value is -0.280. The van der Waals surface area contributed by atoms with Crippen molar-refractivity contribution in [1.29, 1.82) is 0 Å². The Kier molecular flexibility index (Phi) is 8.82. The lowest BCUT2D eigenvalue weighted by Crippen LogP contribution is -2.41. The van der Waals surface area contributed by atoms with Crippen LogP contribution in [-0.4, -0.2) is 31.0 Å². The van der Waals surface area contributed by atoms with E-state index in [0.717, 1.165) is 6.42 Å². The van der Waals surface area contributed by atoms with Crippen LogP contribution in [0, 0.1) is 5.92 Å². The van der Waals surface area contributed by atoms with Crippen LogP contribution >= 0.6 is 11.6 Å². The van der Waals surface area contributed by atoms with Crippen LogP contribution in [0.2, 0.25) is 0 Å². The van der Waals surface area contributed by atoms with Gasteiger partial charge in [0, 0.05) is 18.9 Å². The van der Waals surface area contributed by atoms with E-state index in [2.05, 4.69) is 19.2 Å². The first kappa shape index (κ1) is 14.7. The quantitative estimate of drug-likeness (QED) is 0.655. The first-order valence-corrected chi connectivity index (χ1v) is 6.08. The molecule has 1 atom stereocenters. The van der Waals surface area contributed by atoms with Gasteiger partial charge >= 0.3 is 0 Å². The van der Waals surface area contributed by atoms with Crippen LogP contribution in [0.25, 0.3) is 0 Å². The van der Waals surface area contributed by atoms with E-state index >= 15 is 0 Å². The molecule has 0 radical (unpaired) electrons. The van der Waals surface area contributed by atoms with Gasteiger partial charge in [0.2, 0.25) is 5.91 Å². The van der Waals surface area contributed by atoms with Gasteiger partial charge in [-0.25, -0.2) is 0 Å². The second-order valence-electron chi connectivity index (χ2n) is 3.87. The number of hydrogen-bond donors (Lipinski definition) is 1. The van der Waals surface area contributed by atoms with Crippen LogP contribution in [0.5, 0.6) is 0 Å². The van der Waals surface area contributed by atoms with Crippen molar-refractivity contribution in [2.24, 2.45) is 5.92 Å². The van der Waals surface area contributed by atoms with Crippen molar-refractivity contribution < 1.29 is 9.53 Å². The van der Waals surface area contributed by atoms with E-state index in [9.17, 15) is 4.79 Å².